The largest absolute Gasteiger partial charge is 0.423 e. The number of aromatic nitrogens is 3. The molecule has 1 aromatic carbocycles. The summed E-state index contributed by atoms with van der Waals surface area (Å²) in [7, 11) is 1.82. The van der Waals surface area contributed by atoms with Crippen LogP contribution in [0, 0.1) is 0 Å². The summed E-state index contributed by atoms with van der Waals surface area (Å²) in [5, 5.41) is 11.9. The summed E-state index contributed by atoms with van der Waals surface area (Å²) in [6.45, 7) is 0. The van der Waals surface area contributed by atoms with Gasteiger partial charge in [0.2, 0.25) is 5.91 Å². The SMILES string of the molecule is Cn1cnnc1SCC(=O)Nc1ccc2oc(=O)ccc2c1. The standard InChI is InChI=1S/C14H12N4O3S/c1-18-8-15-17-14(18)22-7-12(19)16-10-3-4-11-9(6-10)2-5-13(20)21-11/h2-6,8H,7H2,1H3,(H,16,19). The Bertz CT molecular complexity index is 887. The number of thioether (sulfide) groups is 1. The van der Waals surface area contributed by atoms with E-state index in [4.69, 9.17) is 4.42 Å². The van der Waals surface area contributed by atoms with E-state index in [1.807, 2.05) is 7.05 Å². The van der Waals surface area contributed by atoms with Crippen LogP contribution in [-0.2, 0) is 11.8 Å². The molecule has 2 aromatic heterocycles. The van der Waals surface area contributed by atoms with Crippen LogP contribution in [0.15, 0.2) is 51.0 Å². The highest BCUT2D eigenvalue weighted by molar-refractivity contribution is 7.99. The zero-order chi connectivity index (χ0) is 15.5. The van der Waals surface area contributed by atoms with Crippen molar-refractivity contribution in [1.29, 1.82) is 0 Å². The van der Waals surface area contributed by atoms with Crippen molar-refractivity contribution in [2.45, 2.75) is 5.16 Å². The van der Waals surface area contributed by atoms with Gasteiger partial charge in [-0.3, -0.25) is 4.79 Å². The van der Waals surface area contributed by atoms with Gasteiger partial charge >= 0.3 is 5.63 Å². The van der Waals surface area contributed by atoms with Gasteiger partial charge in [0.1, 0.15) is 11.9 Å². The number of nitrogens with one attached hydrogen (secondary N) is 1. The van der Waals surface area contributed by atoms with Gasteiger partial charge in [0.05, 0.1) is 5.75 Å². The zero-order valence-corrected chi connectivity index (χ0v) is 12.5. The molecule has 0 fully saturated rings. The number of anilines is 1. The van der Waals surface area contributed by atoms with E-state index in [9.17, 15) is 9.59 Å². The van der Waals surface area contributed by atoms with E-state index >= 15 is 0 Å². The normalized spacial score (nSPS) is 10.8. The molecule has 0 saturated heterocycles. The van der Waals surface area contributed by atoms with Gasteiger partial charge in [0, 0.05) is 24.2 Å². The predicted octanol–water partition coefficient (Wildman–Crippen LogP) is 1.65. The minimum Gasteiger partial charge on any atom is -0.423 e. The van der Waals surface area contributed by atoms with Crippen molar-refractivity contribution in [2.24, 2.45) is 7.05 Å². The number of fused-ring (bicyclic) bond motifs is 1. The van der Waals surface area contributed by atoms with Crippen molar-refractivity contribution in [3.8, 4) is 0 Å². The molecule has 22 heavy (non-hydrogen) atoms. The molecular formula is C14H12N4O3S. The van der Waals surface area contributed by atoms with Crippen LogP contribution in [0.4, 0.5) is 5.69 Å². The topological polar surface area (TPSA) is 90.0 Å². The molecule has 7 nitrogen and oxygen atoms in total. The van der Waals surface area contributed by atoms with Gasteiger partial charge in [-0.2, -0.15) is 0 Å². The number of amides is 1. The molecule has 2 heterocycles. The highest BCUT2D eigenvalue weighted by Crippen LogP contribution is 2.19. The van der Waals surface area contributed by atoms with Gasteiger partial charge in [-0.25, -0.2) is 4.79 Å². The number of nitrogens with zero attached hydrogens (tertiary/aromatic N) is 3. The lowest BCUT2D eigenvalue weighted by atomic mass is 10.2. The van der Waals surface area contributed by atoms with Gasteiger partial charge in [-0.15, -0.1) is 10.2 Å². The second kappa shape index (κ2) is 6.02. The molecular weight excluding hydrogens is 304 g/mol. The smallest absolute Gasteiger partial charge is 0.336 e. The maximum Gasteiger partial charge on any atom is 0.336 e. The summed E-state index contributed by atoms with van der Waals surface area (Å²) in [6, 6.07) is 8.10. The van der Waals surface area contributed by atoms with Crippen LogP contribution in [0.5, 0.6) is 0 Å². The van der Waals surface area contributed by atoms with E-state index in [-0.39, 0.29) is 11.7 Å². The molecule has 0 atom stereocenters. The van der Waals surface area contributed by atoms with Gasteiger partial charge < -0.3 is 14.3 Å². The quantitative estimate of drug-likeness (QED) is 0.581. The third-order valence-corrected chi connectivity index (χ3v) is 3.94. The van der Waals surface area contributed by atoms with E-state index in [0.717, 1.165) is 5.39 Å². The molecule has 0 aliphatic heterocycles. The van der Waals surface area contributed by atoms with Crippen LogP contribution in [0.2, 0.25) is 0 Å². The molecule has 0 aliphatic rings. The first-order valence-electron chi connectivity index (χ1n) is 6.42. The van der Waals surface area contributed by atoms with Crippen molar-refractivity contribution < 1.29 is 9.21 Å². The maximum atomic E-state index is 11.9. The third-order valence-electron chi connectivity index (χ3n) is 2.91. The Labute approximate surface area is 129 Å². The van der Waals surface area contributed by atoms with E-state index in [2.05, 4.69) is 15.5 Å². The Kier molecular flexibility index (Phi) is 3.92. The van der Waals surface area contributed by atoms with Crippen LogP contribution >= 0.6 is 11.8 Å². The molecule has 112 valence electrons. The van der Waals surface area contributed by atoms with Gasteiger partial charge in [-0.1, -0.05) is 11.8 Å². The highest BCUT2D eigenvalue weighted by atomic mass is 32.2. The van der Waals surface area contributed by atoms with Crippen molar-refractivity contribution in [3.63, 3.8) is 0 Å². The molecule has 8 heteroatoms. The van der Waals surface area contributed by atoms with Gasteiger partial charge in [0.15, 0.2) is 5.16 Å². The van der Waals surface area contributed by atoms with Crippen molar-refractivity contribution in [3.05, 3.63) is 47.1 Å². The Balaban J connectivity index is 1.67. The first-order valence-corrected chi connectivity index (χ1v) is 7.41. The predicted molar refractivity (Wildman–Crippen MR) is 82.8 cm³/mol. The number of carbonyl (C=O) groups excluding carboxylic acids is 1. The summed E-state index contributed by atoms with van der Waals surface area (Å²) in [4.78, 5) is 23.1. The fraction of sp³-hybridized carbons (Fsp3) is 0.143. The summed E-state index contributed by atoms with van der Waals surface area (Å²) >= 11 is 1.30. The van der Waals surface area contributed by atoms with Crippen molar-refractivity contribution >= 4 is 34.3 Å². The second-order valence-corrected chi connectivity index (χ2v) is 5.51. The number of carbonyl (C=O) groups is 1. The first-order chi connectivity index (χ1) is 10.6. The number of hydrogen-bond donors (Lipinski definition) is 1. The van der Waals surface area contributed by atoms with Gasteiger partial charge in [-0.05, 0) is 24.3 Å². The van der Waals surface area contributed by atoms with E-state index in [1.165, 1.54) is 17.8 Å². The lowest BCUT2D eigenvalue weighted by molar-refractivity contribution is -0.113. The van der Waals surface area contributed by atoms with Crippen LogP contribution in [0.3, 0.4) is 0 Å². The average Bonchev–Trinajstić information content (AvgIpc) is 2.91. The molecule has 1 N–H and O–H groups in total. The Morgan fingerprint density at radius 3 is 3.00 bits per heavy atom. The molecule has 0 saturated carbocycles. The van der Waals surface area contributed by atoms with Crippen LogP contribution < -0.4 is 10.9 Å². The van der Waals surface area contributed by atoms with Crippen molar-refractivity contribution in [2.75, 3.05) is 11.1 Å². The average molecular weight is 316 g/mol. The number of aryl methyl sites for hydroxylation is 1. The zero-order valence-electron chi connectivity index (χ0n) is 11.6. The van der Waals surface area contributed by atoms with Crippen LogP contribution in [0.1, 0.15) is 0 Å². The Morgan fingerprint density at radius 1 is 1.36 bits per heavy atom. The summed E-state index contributed by atoms with van der Waals surface area (Å²) in [5.74, 6) is 0.0822. The van der Waals surface area contributed by atoms with E-state index < -0.39 is 5.63 Å². The van der Waals surface area contributed by atoms with Gasteiger partial charge in [0.25, 0.3) is 0 Å². The number of benzene rings is 1. The molecule has 0 unspecified atom stereocenters. The fourth-order valence-corrected chi connectivity index (χ4v) is 2.57. The van der Waals surface area contributed by atoms with E-state index in [1.54, 1.807) is 35.2 Å². The summed E-state index contributed by atoms with van der Waals surface area (Å²) in [5.41, 5.74) is 0.730. The molecule has 1 amide bonds. The molecule has 3 rings (SSSR count). The lowest BCUT2D eigenvalue weighted by Gasteiger charge is -2.05. The Hall–Kier alpha value is -2.61. The Morgan fingerprint density at radius 2 is 2.23 bits per heavy atom. The number of hydrogen-bond acceptors (Lipinski definition) is 6. The highest BCUT2D eigenvalue weighted by Gasteiger charge is 2.08. The third kappa shape index (κ3) is 3.17. The van der Waals surface area contributed by atoms with Crippen molar-refractivity contribution in [1.82, 2.24) is 14.8 Å². The monoisotopic (exact) mass is 316 g/mol. The molecule has 3 aromatic rings. The first kappa shape index (κ1) is 14.3. The fourth-order valence-electron chi connectivity index (χ4n) is 1.88. The minimum atomic E-state index is -0.399. The molecule has 0 spiro atoms. The number of rotatable bonds is 4. The van der Waals surface area contributed by atoms with Crippen LogP contribution in [0.25, 0.3) is 11.0 Å². The lowest BCUT2D eigenvalue weighted by Crippen LogP contribution is -2.14. The van der Waals surface area contributed by atoms with Crippen LogP contribution in [-0.4, -0.2) is 26.4 Å². The summed E-state index contributed by atoms with van der Waals surface area (Å²) < 4.78 is 6.79. The molecule has 0 bridgehead atoms. The minimum absolute atomic E-state index is 0.148. The maximum absolute atomic E-state index is 11.9. The molecule has 0 aliphatic carbocycles. The molecule has 0 radical (unpaired) electrons. The second-order valence-electron chi connectivity index (χ2n) is 4.57. The van der Waals surface area contributed by atoms with E-state index in [0.29, 0.717) is 16.4 Å². The summed E-state index contributed by atoms with van der Waals surface area (Å²) in [6.07, 6.45) is 1.58.